The summed E-state index contributed by atoms with van der Waals surface area (Å²) in [5.74, 6) is 6.21. The summed E-state index contributed by atoms with van der Waals surface area (Å²) in [6.07, 6.45) is 1.04. The Balaban J connectivity index is 2.35. The van der Waals surface area contributed by atoms with E-state index in [0.29, 0.717) is 31.2 Å². The predicted octanol–water partition coefficient (Wildman–Crippen LogP) is 1.79. The van der Waals surface area contributed by atoms with Crippen molar-refractivity contribution in [3.63, 3.8) is 0 Å². The van der Waals surface area contributed by atoms with Crippen LogP contribution in [0.25, 0.3) is 0 Å². The lowest BCUT2D eigenvalue weighted by Crippen LogP contribution is -2.27. The van der Waals surface area contributed by atoms with E-state index in [0.717, 1.165) is 18.6 Å². The maximum absolute atomic E-state index is 12.0. The third-order valence-corrected chi connectivity index (χ3v) is 2.83. The van der Waals surface area contributed by atoms with Crippen LogP contribution in [0.2, 0.25) is 0 Å². The zero-order chi connectivity index (χ0) is 15.5. The molecular formula is C17H24N2O2. The van der Waals surface area contributed by atoms with Gasteiger partial charge >= 0.3 is 0 Å². The number of hydrogen-bond acceptors (Lipinski definition) is 3. The van der Waals surface area contributed by atoms with E-state index in [1.165, 1.54) is 0 Å². The molecule has 0 aliphatic heterocycles. The van der Waals surface area contributed by atoms with E-state index in [1.54, 1.807) is 12.1 Å². The molecule has 1 rings (SSSR count). The first-order chi connectivity index (χ1) is 10.1. The molecule has 0 aliphatic carbocycles. The normalized spacial score (nSPS) is 10.1. The van der Waals surface area contributed by atoms with Crippen LogP contribution in [0.3, 0.4) is 0 Å². The van der Waals surface area contributed by atoms with Crippen LogP contribution in [-0.4, -0.2) is 32.2 Å². The molecule has 1 amide bonds. The Hall–Kier alpha value is -1.83. The number of benzene rings is 1. The highest BCUT2D eigenvalue weighted by atomic mass is 16.5. The summed E-state index contributed by atoms with van der Waals surface area (Å²) in [5.41, 5.74) is 6.72. The molecule has 0 heterocycles. The number of rotatable bonds is 7. The third-order valence-electron chi connectivity index (χ3n) is 2.83. The molecule has 4 heteroatoms. The summed E-state index contributed by atoms with van der Waals surface area (Å²) in [7, 11) is 0. The summed E-state index contributed by atoms with van der Waals surface area (Å²) in [6, 6.07) is 7.20. The van der Waals surface area contributed by atoms with Crippen molar-refractivity contribution >= 4 is 5.91 Å². The third kappa shape index (κ3) is 7.50. The molecule has 0 aliphatic rings. The van der Waals surface area contributed by atoms with Gasteiger partial charge in [-0.1, -0.05) is 31.8 Å². The molecule has 21 heavy (non-hydrogen) atoms. The Morgan fingerprint density at radius 2 is 2.19 bits per heavy atom. The van der Waals surface area contributed by atoms with Crippen LogP contribution >= 0.6 is 0 Å². The van der Waals surface area contributed by atoms with Crippen LogP contribution < -0.4 is 11.1 Å². The minimum absolute atomic E-state index is 0.112. The molecule has 0 saturated heterocycles. The molecule has 0 saturated carbocycles. The van der Waals surface area contributed by atoms with E-state index in [-0.39, 0.29) is 5.91 Å². The van der Waals surface area contributed by atoms with Crippen LogP contribution in [0.5, 0.6) is 0 Å². The Morgan fingerprint density at radius 1 is 1.38 bits per heavy atom. The largest absolute Gasteiger partial charge is 0.380 e. The number of ether oxygens (including phenoxy) is 1. The fraction of sp³-hybridized carbons (Fsp3) is 0.471. The summed E-state index contributed by atoms with van der Waals surface area (Å²) < 4.78 is 5.46. The smallest absolute Gasteiger partial charge is 0.251 e. The van der Waals surface area contributed by atoms with Crippen LogP contribution in [0.15, 0.2) is 24.3 Å². The van der Waals surface area contributed by atoms with E-state index in [1.807, 2.05) is 12.1 Å². The molecule has 0 atom stereocenters. The number of hydrogen-bond donors (Lipinski definition) is 2. The second-order valence-corrected chi connectivity index (χ2v) is 5.14. The summed E-state index contributed by atoms with van der Waals surface area (Å²) in [6.45, 7) is 6.40. The van der Waals surface area contributed by atoms with Crippen molar-refractivity contribution in [2.24, 2.45) is 11.7 Å². The highest BCUT2D eigenvalue weighted by Gasteiger charge is 2.04. The average molecular weight is 288 g/mol. The van der Waals surface area contributed by atoms with Gasteiger partial charge in [0, 0.05) is 24.3 Å². The van der Waals surface area contributed by atoms with Crippen LogP contribution in [-0.2, 0) is 4.74 Å². The van der Waals surface area contributed by atoms with E-state index in [2.05, 4.69) is 31.0 Å². The molecule has 0 bridgehead atoms. The first-order valence-corrected chi connectivity index (χ1v) is 7.28. The van der Waals surface area contributed by atoms with Gasteiger partial charge in [0.15, 0.2) is 0 Å². The van der Waals surface area contributed by atoms with E-state index in [4.69, 9.17) is 10.5 Å². The maximum atomic E-state index is 12.0. The lowest BCUT2D eigenvalue weighted by Gasteiger charge is -2.08. The fourth-order valence-corrected chi connectivity index (χ4v) is 1.65. The van der Waals surface area contributed by atoms with Crippen molar-refractivity contribution < 1.29 is 9.53 Å². The van der Waals surface area contributed by atoms with Crippen molar-refractivity contribution in [3.05, 3.63) is 35.4 Å². The van der Waals surface area contributed by atoms with Crippen molar-refractivity contribution in [2.45, 2.75) is 20.3 Å². The molecule has 0 aromatic heterocycles. The summed E-state index contributed by atoms with van der Waals surface area (Å²) in [4.78, 5) is 12.0. The number of amides is 1. The Bertz CT molecular complexity index is 501. The van der Waals surface area contributed by atoms with Gasteiger partial charge in [-0.25, -0.2) is 0 Å². The van der Waals surface area contributed by atoms with Crippen molar-refractivity contribution in [3.8, 4) is 11.8 Å². The van der Waals surface area contributed by atoms with Gasteiger partial charge in [0.2, 0.25) is 0 Å². The van der Waals surface area contributed by atoms with Gasteiger partial charge in [-0.3, -0.25) is 4.79 Å². The topological polar surface area (TPSA) is 64.3 Å². The molecule has 114 valence electrons. The summed E-state index contributed by atoms with van der Waals surface area (Å²) in [5, 5.41) is 2.83. The lowest BCUT2D eigenvalue weighted by atomic mass is 10.1. The van der Waals surface area contributed by atoms with Crippen LogP contribution in [0.4, 0.5) is 0 Å². The van der Waals surface area contributed by atoms with Gasteiger partial charge in [0.1, 0.15) is 0 Å². The Labute approximate surface area is 127 Å². The number of nitrogens with two attached hydrogens (primary N) is 1. The molecule has 0 radical (unpaired) electrons. The van der Waals surface area contributed by atoms with Crippen LogP contribution in [0, 0.1) is 17.8 Å². The zero-order valence-electron chi connectivity index (χ0n) is 12.8. The van der Waals surface area contributed by atoms with E-state index < -0.39 is 0 Å². The number of carbonyl (C=O) groups excluding carboxylic acids is 1. The maximum Gasteiger partial charge on any atom is 0.251 e. The fourth-order valence-electron chi connectivity index (χ4n) is 1.65. The highest BCUT2D eigenvalue weighted by molar-refractivity contribution is 5.94. The zero-order valence-corrected chi connectivity index (χ0v) is 12.8. The molecule has 4 nitrogen and oxygen atoms in total. The molecule has 0 spiro atoms. The van der Waals surface area contributed by atoms with Gasteiger partial charge in [-0.2, -0.15) is 0 Å². The quantitative estimate of drug-likeness (QED) is 0.594. The van der Waals surface area contributed by atoms with Gasteiger partial charge < -0.3 is 15.8 Å². The molecule has 3 N–H and O–H groups in total. The predicted molar refractivity (Wildman–Crippen MR) is 85.0 cm³/mol. The highest BCUT2D eigenvalue weighted by Crippen LogP contribution is 2.04. The van der Waals surface area contributed by atoms with Crippen molar-refractivity contribution in [2.75, 3.05) is 26.3 Å². The molecule has 0 unspecified atom stereocenters. The number of carbonyl (C=O) groups is 1. The SMILES string of the molecule is CC(C)CCOCCNC(=O)c1cccc(C#CCN)c1. The van der Waals surface area contributed by atoms with Gasteiger partial charge in [0.05, 0.1) is 13.2 Å². The van der Waals surface area contributed by atoms with Crippen molar-refractivity contribution in [1.82, 2.24) is 5.32 Å². The first kappa shape index (κ1) is 17.2. The second kappa shape index (κ2) is 9.98. The van der Waals surface area contributed by atoms with Crippen LogP contribution in [0.1, 0.15) is 36.2 Å². The minimum atomic E-state index is -0.112. The Morgan fingerprint density at radius 3 is 2.90 bits per heavy atom. The molecular weight excluding hydrogens is 264 g/mol. The summed E-state index contributed by atoms with van der Waals surface area (Å²) >= 11 is 0. The van der Waals surface area contributed by atoms with Crippen molar-refractivity contribution in [1.29, 1.82) is 0 Å². The monoisotopic (exact) mass is 288 g/mol. The lowest BCUT2D eigenvalue weighted by molar-refractivity contribution is 0.0906. The van der Waals surface area contributed by atoms with E-state index >= 15 is 0 Å². The second-order valence-electron chi connectivity index (χ2n) is 5.14. The molecule has 0 fully saturated rings. The minimum Gasteiger partial charge on any atom is -0.380 e. The standard InChI is InChI=1S/C17H24N2O2/c1-14(2)8-11-21-12-10-19-17(20)16-7-3-5-15(13-16)6-4-9-18/h3,5,7,13-14H,8-12,18H2,1-2H3,(H,19,20). The molecule has 1 aromatic carbocycles. The average Bonchev–Trinajstić information content (AvgIpc) is 2.48. The first-order valence-electron chi connectivity index (χ1n) is 7.28. The number of nitrogens with one attached hydrogen (secondary N) is 1. The van der Waals surface area contributed by atoms with E-state index in [9.17, 15) is 4.79 Å². The Kier molecular flexibility index (Phi) is 8.18. The van der Waals surface area contributed by atoms with Gasteiger partial charge in [0.25, 0.3) is 5.91 Å². The molecule has 1 aromatic rings. The van der Waals surface area contributed by atoms with Gasteiger partial charge in [-0.05, 0) is 30.5 Å². The van der Waals surface area contributed by atoms with Gasteiger partial charge in [-0.15, -0.1) is 0 Å².